The van der Waals surface area contributed by atoms with Gasteiger partial charge in [0.1, 0.15) is 0 Å². The minimum atomic E-state index is 0.0875. The Balaban J connectivity index is 2.45. The second kappa shape index (κ2) is 4.06. The summed E-state index contributed by atoms with van der Waals surface area (Å²) in [7, 11) is 0. The highest BCUT2D eigenvalue weighted by molar-refractivity contribution is 5.88. The summed E-state index contributed by atoms with van der Waals surface area (Å²) in [6, 6.07) is 4.47. The fourth-order valence-electron chi connectivity index (χ4n) is 3.12. The van der Waals surface area contributed by atoms with E-state index in [-0.39, 0.29) is 6.04 Å². The van der Waals surface area contributed by atoms with Crippen molar-refractivity contribution in [3.05, 3.63) is 40.1 Å². The molecule has 0 saturated carbocycles. The summed E-state index contributed by atoms with van der Waals surface area (Å²) in [6.07, 6.45) is 3.47. The molecule has 1 heterocycles. The molecular weight excluding hydrogens is 220 g/mol. The second-order valence-corrected chi connectivity index (χ2v) is 5.50. The van der Waals surface area contributed by atoms with E-state index in [1.54, 1.807) is 0 Å². The maximum Gasteiger partial charge on any atom is 0.0740 e. The predicted molar refractivity (Wildman–Crippen MR) is 75.8 cm³/mol. The van der Waals surface area contributed by atoms with Crippen molar-refractivity contribution < 1.29 is 0 Å². The molecule has 1 aliphatic rings. The third kappa shape index (κ3) is 1.56. The Labute approximate surface area is 108 Å². The lowest BCUT2D eigenvalue weighted by molar-refractivity contribution is 0.806. The number of aryl methyl sites for hydroxylation is 3. The van der Waals surface area contributed by atoms with Crippen molar-refractivity contribution >= 4 is 10.9 Å². The second-order valence-electron chi connectivity index (χ2n) is 5.50. The molecule has 2 aromatic rings. The molecule has 3 rings (SSSR count). The molecule has 1 aromatic heterocycles. The van der Waals surface area contributed by atoms with Crippen molar-refractivity contribution in [1.82, 2.24) is 4.98 Å². The molecule has 0 spiro atoms. The van der Waals surface area contributed by atoms with Crippen LogP contribution in [-0.4, -0.2) is 4.98 Å². The highest BCUT2D eigenvalue weighted by atomic mass is 14.7. The van der Waals surface area contributed by atoms with Crippen LogP contribution >= 0.6 is 0 Å². The summed E-state index contributed by atoms with van der Waals surface area (Å²) in [4.78, 5) is 4.90. The molecule has 2 heteroatoms. The molecule has 0 radical (unpaired) electrons. The first-order valence-electron chi connectivity index (χ1n) is 6.76. The molecule has 0 fully saturated rings. The van der Waals surface area contributed by atoms with Gasteiger partial charge in [-0.15, -0.1) is 0 Å². The molecule has 1 atom stereocenters. The summed E-state index contributed by atoms with van der Waals surface area (Å²) in [5.74, 6) is 0. The molecule has 1 aromatic carbocycles. The molecule has 2 nitrogen and oxygen atoms in total. The highest BCUT2D eigenvalue weighted by Crippen LogP contribution is 2.34. The van der Waals surface area contributed by atoms with Gasteiger partial charge < -0.3 is 5.73 Å². The number of hydrogen-bond acceptors (Lipinski definition) is 2. The summed E-state index contributed by atoms with van der Waals surface area (Å²) in [5, 5.41) is 1.26. The molecule has 0 saturated heterocycles. The van der Waals surface area contributed by atoms with Crippen LogP contribution in [0, 0.1) is 13.8 Å². The van der Waals surface area contributed by atoms with E-state index in [2.05, 4.69) is 32.9 Å². The van der Waals surface area contributed by atoms with Crippen LogP contribution in [-0.2, 0) is 12.8 Å². The lowest BCUT2D eigenvalue weighted by atomic mass is 9.94. The standard InChI is InChI=1S/C16H20N2/c1-9-7-8-13-15(11(3)17)12-5-4-6-14(12)18-16(13)10(9)2/h7-8,11H,4-6,17H2,1-3H3. The van der Waals surface area contributed by atoms with Gasteiger partial charge >= 0.3 is 0 Å². The first-order valence-corrected chi connectivity index (χ1v) is 6.76. The Bertz CT molecular complexity index is 627. The molecule has 1 unspecified atom stereocenters. The molecule has 94 valence electrons. The van der Waals surface area contributed by atoms with Crippen molar-refractivity contribution in [2.75, 3.05) is 0 Å². The number of nitrogens with zero attached hydrogens (tertiary/aromatic N) is 1. The summed E-state index contributed by atoms with van der Waals surface area (Å²) >= 11 is 0. The number of benzene rings is 1. The Morgan fingerprint density at radius 3 is 2.72 bits per heavy atom. The zero-order valence-electron chi connectivity index (χ0n) is 11.4. The minimum absolute atomic E-state index is 0.0875. The van der Waals surface area contributed by atoms with Gasteiger partial charge in [0, 0.05) is 17.1 Å². The molecule has 1 aliphatic carbocycles. The van der Waals surface area contributed by atoms with Crippen molar-refractivity contribution in [3.8, 4) is 0 Å². The van der Waals surface area contributed by atoms with E-state index >= 15 is 0 Å². The zero-order valence-corrected chi connectivity index (χ0v) is 11.4. The van der Waals surface area contributed by atoms with Gasteiger partial charge in [-0.05, 0) is 62.3 Å². The fourth-order valence-corrected chi connectivity index (χ4v) is 3.12. The molecule has 2 N–H and O–H groups in total. The van der Waals surface area contributed by atoms with E-state index in [0.29, 0.717) is 0 Å². The largest absolute Gasteiger partial charge is 0.324 e. The van der Waals surface area contributed by atoms with Crippen LogP contribution in [0.5, 0.6) is 0 Å². The van der Waals surface area contributed by atoms with Crippen LogP contribution < -0.4 is 5.73 Å². The Morgan fingerprint density at radius 1 is 1.22 bits per heavy atom. The minimum Gasteiger partial charge on any atom is -0.324 e. The summed E-state index contributed by atoms with van der Waals surface area (Å²) < 4.78 is 0. The van der Waals surface area contributed by atoms with E-state index in [9.17, 15) is 0 Å². The van der Waals surface area contributed by atoms with Gasteiger partial charge in [-0.2, -0.15) is 0 Å². The van der Waals surface area contributed by atoms with Gasteiger partial charge in [0.25, 0.3) is 0 Å². The average Bonchev–Trinajstić information content (AvgIpc) is 2.79. The van der Waals surface area contributed by atoms with Crippen LogP contribution in [0.4, 0.5) is 0 Å². The van der Waals surface area contributed by atoms with Gasteiger partial charge in [0.2, 0.25) is 0 Å². The van der Waals surface area contributed by atoms with E-state index < -0.39 is 0 Å². The van der Waals surface area contributed by atoms with E-state index in [0.717, 1.165) is 18.4 Å². The van der Waals surface area contributed by atoms with E-state index in [1.807, 2.05) is 0 Å². The molecule has 0 bridgehead atoms. The topological polar surface area (TPSA) is 38.9 Å². The van der Waals surface area contributed by atoms with E-state index in [1.165, 1.54) is 39.8 Å². The predicted octanol–water partition coefficient (Wildman–Crippen LogP) is 3.36. The third-order valence-corrected chi connectivity index (χ3v) is 4.21. The van der Waals surface area contributed by atoms with Crippen molar-refractivity contribution in [3.63, 3.8) is 0 Å². The van der Waals surface area contributed by atoms with Gasteiger partial charge in [-0.25, -0.2) is 0 Å². The first kappa shape index (κ1) is 11.7. The van der Waals surface area contributed by atoms with Crippen molar-refractivity contribution in [2.24, 2.45) is 5.73 Å². The number of pyridine rings is 1. The third-order valence-electron chi connectivity index (χ3n) is 4.21. The van der Waals surface area contributed by atoms with Crippen molar-refractivity contribution in [2.45, 2.75) is 46.1 Å². The average molecular weight is 240 g/mol. The van der Waals surface area contributed by atoms with Gasteiger partial charge in [0.05, 0.1) is 5.52 Å². The van der Waals surface area contributed by atoms with Gasteiger partial charge in [0.15, 0.2) is 0 Å². The molecule has 0 aliphatic heterocycles. The lowest BCUT2D eigenvalue weighted by Crippen LogP contribution is -2.11. The smallest absolute Gasteiger partial charge is 0.0740 e. The van der Waals surface area contributed by atoms with Gasteiger partial charge in [-0.1, -0.05) is 12.1 Å². The normalized spacial score (nSPS) is 16.0. The summed E-state index contributed by atoms with van der Waals surface area (Å²) in [5.41, 5.74) is 14.0. The Hall–Kier alpha value is -1.41. The van der Waals surface area contributed by atoms with Crippen LogP contribution in [0.25, 0.3) is 10.9 Å². The SMILES string of the molecule is Cc1ccc2c(C(C)N)c3c(nc2c1C)CCC3. The lowest BCUT2D eigenvalue weighted by Gasteiger charge is -2.17. The van der Waals surface area contributed by atoms with Crippen LogP contribution in [0.1, 0.15) is 47.3 Å². The maximum absolute atomic E-state index is 6.21. The maximum atomic E-state index is 6.21. The van der Waals surface area contributed by atoms with Crippen LogP contribution in [0.15, 0.2) is 12.1 Å². The number of rotatable bonds is 1. The molecule has 18 heavy (non-hydrogen) atoms. The number of aromatic nitrogens is 1. The quantitative estimate of drug-likeness (QED) is 0.830. The number of hydrogen-bond donors (Lipinski definition) is 1. The van der Waals surface area contributed by atoms with Gasteiger partial charge in [-0.3, -0.25) is 4.98 Å². The number of nitrogens with two attached hydrogens (primary N) is 1. The van der Waals surface area contributed by atoms with Crippen molar-refractivity contribution in [1.29, 1.82) is 0 Å². The zero-order chi connectivity index (χ0) is 12.9. The van der Waals surface area contributed by atoms with E-state index in [4.69, 9.17) is 10.7 Å². The molecule has 0 amide bonds. The van der Waals surface area contributed by atoms with Crippen LogP contribution in [0.2, 0.25) is 0 Å². The Kier molecular flexibility index (Phi) is 2.63. The fraction of sp³-hybridized carbons (Fsp3) is 0.438. The highest BCUT2D eigenvalue weighted by Gasteiger charge is 2.22. The monoisotopic (exact) mass is 240 g/mol. The number of fused-ring (bicyclic) bond motifs is 2. The first-order chi connectivity index (χ1) is 8.59. The Morgan fingerprint density at radius 2 is 2.00 bits per heavy atom. The van der Waals surface area contributed by atoms with Crippen LogP contribution in [0.3, 0.4) is 0 Å². The summed E-state index contributed by atoms with van der Waals surface area (Å²) in [6.45, 7) is 6.40. The molecular formula is C16H20N2.